The first-order valence-corrected chi connectivity index (χ1v) is 11.3. The van der Waals surface area contributed by atoms with Gasteiger partial charge in [-0.1, -0.05) is 53.5 Å². The van der Waals surface area contributed by atoms with Crippen LogP contribution in [-0.4, -0.2) is 47.1 Å². The van der Waals surface area contributed by atoms with E-state index in [0.717, 1.165) is 24.6 Å². The van der Waals surface area contributed by atoms with Crippen LogP contribution >= 0.6 is 23.2 Å². The lowest BCUT2D eigenvalue weighted by molar-refractivity contribution is -0.385. The lowest BCUT2D eigenvalue weighted by atomic mass is 10.1. The zero-order chi connectivity index (χ0) is 28.4. The van der Waals surface area contributed by atoms with Crippen LogP contribution in [0.25, 0.3) is 0 Å². The van der Waals surface area contributed by atoms with Crippen molar-refractivity contribution in [1.29, 1.82) is 0 Å². The van der Waals surface area contributed by atoms with E-state index in [4.69, 9.17) is 27.9 Å². The molecular formula is C24H20Cl2N4O8. The Kier molecular flexibility index (Phi) is 10.7. The first kappa shape index (κ1) is 29.7. The number of nitro benzene ring substituents is 2. The van der Waals surface area contributed by atoms with Gasteiger partial charge in [-0.05, 0) is 24.3 Å². The van der Waals surface area contributed by atoms with Crippen molar-refractivity contribution in [3.8, 4) is 0 Å². The molecule has 38 heavy (non-hydrogen) atoms. The van der Waals surface area contributed by atoms with Crippen LogP contribution in [-0.2, 0) is 14.3 Å². The first-order valence-electron chi connectivity index (χ1n) is 10.5. The third-order valence-corrected chi connectivity index (χ3v) is 5.12. The maximum atomic E-state index is 13.0. The lowest BCUT2D eigenvalue weighted by Gasteiger charge is -2.18. The minimum atomic E-state index is -1.54. The number of nitrogens with zero attached hydrogens (tertiary/aromatic N) is 3. The van der Waals surface area contributed by atoms with Gasteiger partial charge in [0.05, 0.1) is 9.85 Å². The molecule has 0 aromatic heterocycles. The molecule has 0 radical (unpaired) electrons. The van der Waals surface area contributed by atoms with Crippen LogP contribution in [0.2, 0.25) is 10.0 Å². The number of amides is 2. The highest BCUT2D eigenvalue weighted by Crippen LogP contribution is 2.30. The summed E-state index contributed by atoms with van der Waals surface area (Å²) in [5.41, 5.74) is -1.14. The first-order chi connectivity index (χ1) is 17.9. The maximum Gasteiger partial charge on any atom is 0.346 e. The Morgan fingerprint density at radius 3 is 2.11 bits per heavy atom. The number of hydrogen-bond acceptors (Lipinski definition) is 8. The van der Waals surface area contributed by atoms with Gasteiger partial charge in [-0.15, -0.1) is 0 Å². The molecule has 12 nitrogen and oxygen atoms in total. The normalized spacial score (nSPS) is 10.7. The van der Waals surface area contributed by atoms with Crippen molar-refractivity contribution >= 4 is 58.6 Å². The molecule has 0 saturated heterocycles. The third-order valence-electron chi connectivity index (χ3n) is 4.56. The van der Waals surface area contributed by atoms with Gasteiger partial charge in [0.2, 0.25) is 12.5 Å². The molecule has 3 aromatic rings. The zero-order valence-electron chi connectivity index (χ0n) is 19.9. The third kappa shape index (κ3) is 8.25. The van der Waals surface area contributed by atoms with Crippen molar-refractivity contribution < 1.29 is 29.0 Å². The molecule has 1 N–H and O–H groups in total. The summed E-state index contributed by atoms with van der Waals surface area (Å²) in [4.78, 5) is 57.5. The Morgan fingerprint density at radius 1 is 0.947 bits per heavy atom. The second kappa shape index (κ2) is 13.7. The lowest BCUT2D eigenvalue weighted by Crippen LogP contribution is -2.26. The van der Waals surface area contributed by atoms with Crippen LogP contribution in [0.4, 0.5) is 17.1 Å². The van der Waals surface area contributed by atoms with E-state index in [9.17, 15) is 34.6 Å². The topological polar surface area (TPSA) is 162 Å². The summed E-state index contributed by atoms with van der Waals surface area (Å²) >= 11 is 11.7. The van der Waals surface area contributed by atoms with Gasteiger partial charge in [0.1, 0.15) is 10.6 Å². The van der Waals surface area contributed by atoms with Crippen LogP contribution in [0.5, 0.6) is 0 Å². The molecule has 3 aromatic carbocycles. The Morgan fingerprint density at radius 2 is 1.55 bits per heavy atom. The fraction of sp³-hybridized carbons (Fsp3) is 0.125. The van der Waals surface area contributed by atoms with E-state index in [0.29, 0.717) is 0 Å². The molecule has 2 amide bonds. The van der Waals surface area contributed by atoms with Gasteiger partial charge in [-0.25, -0.2) is 4.79 Å². The summed E-state index contributed by atoms with van der Waals surface area (Å²) in [5.74, 6) is -2.01. The highest BCUT2D eigenvalue weighted by Gasteiger charge is 2.30. The molecule has 1 atom stereocenters. The Hall–Kier alpha value is -4.55. The number of nitrogens with one attached hydrogen (secondary N) is 1. The van der Waals surface area contributed by atoms with E-state index < -0.39 is 44.8 Å². The quantitative estimate of drug-likeness (QED) is 0.172. The molecule has 1 unspecified atom stereocenters. The number of esters is 1. The van der Waals surface area contributed by atoms with Crippen LogP contribution in [0.1, 0.15) is 22.0 Å². The van der Waals surface area contributed by atoms with Gasteiger partial charge in [0.25, 0.3) is 17.3 Å². The largest absolute Gasteiger partial charge is 0.443 e. The smallest absolute Gasteiger partial charge is 0.346 e. The maximum absolute atomic E-state index is 13.0. The van der Waals surface area contributed by atoms with Gasteiger partial charge >= 0.3 is 5.97 Å². The highest BCUT2D eigenvalue weighted by molar-refractivity contribution is 6.32. The van der Waals surface area contributed by atoms with Gasteiger partial charge in [-0.3, -0.25) is 29.8 Å². The molecule has 0 heterocycles. The number of carbonyl (C=O) groups is 3. The molecule has 0 bridgehead atoms. The monoisotopic (exact) mass is 562 g/mol. The predicted molar refractivity (Wildman–Crippen MR) is 139 cm³/mol. The van der Waals surface area contributed by atoms with Crippen molar-refractivity contribution in [3.05, 3.63) is 108 Å². The summed E-state index contributed by atoms with van der Waals surface area (Å²) in [5, 5.41) is 24.8. The van der Waals surface area contributed by atoms with Crippen LogP contribution in [0.3, 0.4) is 0 Å². The summed E-state index contributed by atoms with van der Waals surface area (Å²) < 4.78 is 5.33. The number of benzene rings is 3. The van der Waals surface area contributed by atoms with E-state index in [1.165, 1.54) is 35.2 Å². The highest BCUT2D eigenvalue weighted by atomic mass is 35.5. The summed E-state index contributed by atoms with van der Waals surface area (Å²) in [6.45, 7) is 0. The van der Waals surface area contributed by atoms with Gasteiger partial charge < -0.3 is 15.0 Å². The average Bonchev–Trinajstić information content (AvgIpc) is 2.88. The van der Waals surface area contributed by atoms with E-state index >= 15 is 0 Å². The molecular weight excluding hydrogens is 543 g/mol. The summed E-state index contributed by atoms with van der Waals surface area (Å²) in [6, 6.07) is 14.8. The van der Waals surface area contributed by atoms with Crippen molar-refractivity contribution in [2.75, 3.05) is 19.4 Å². The van der Waals surface area contributed by atoms with Crippen LogP contribution in [0, 0.1) is 20.2 Å². The van der Waals surface area contributed by atoms with E-state index in [1.54, 1.807) is 32.3 Å². The second-order valence-electron chi connectivity index (χ2n) is 7.60. The van der Waals surface area contributed by atoms with Crippen molar-refractivity contribution in [1.82, 2.24) is 4.90 Å². The number of ether oxygens (including phenoxy) is 1. The Balaban J connectivity index is 0.000000926. The molecule has 0 fully saturated rings. The second-order valence-corrected chi connectivity index (χ2v) is 8.44. The van der Waals surface area contributed by atoms with Crippen molar-refractivity contribution in [3.63, 3.8) is 0 Å². The zero-order valence-corrected chi connectivity index (χ0v) is 21.4. The fourth-order valence-corrected chi connectivity index (χ4v) is 3.20. The number of rotatable bonds is 8. The van der Waals surface area contributed by atoms with E-state index in [1.807, 2.05) is 0 Å². The van der Waals surface area contributed by atoms with Gasteiger partial charge in [0, 0.05) is 42.5 Å². The number of anilines is 1. The number of carbonyl (C=O) groups excluding carboxylic acids is 3. The summed E-state index contributed by atoms with van der Waals surface area (Å²) in [6.07, 6.45) is -0.785. The molecule has 0 spiro atoms. The van der Waals surface area contributed by atoms with Crippen LogP contribution in [0.15, 0.2) is 66.7 Å². The number of halogens is 2. The molecule has 3 rings (SSSR count). The number of nitro groups is 2. The molecule has 0 aliphatic rings. The standard InChI is InChI=1S/C21H13Cl2N3O7.C3H7NO/c22-13-6-9-17(25(29)30)15(10-13)21(28)33-19(12-4-2-1-3-5-12)20(27)24-14-7-8-16(23)18(11-14)26(31)32;1-4(2)3-5/h1-11,19H,(H,24,27);3H,1-2H3. The SMILES string of the molecule is CN(C)C=O.O=C(OC(C(=O)Nc1ccc(Cl)c([N+](=O)[O-])c1)c1ccccc1)c1cc(Cl)ccc1[N+](=O)[O-]. The molecule has 0 aliphatic heterocycles. The predicted octanol–water partition coefficient (Wildman–Crippen LogP) is 5.05. The minimum absolute atomic E-state index is 0.0295. The van der Waals surface area contributed by atoms with E-state index in [2.05, 4.69) is 5.32 Å². The molecule has 198 valence electrons. The number of hydrogen-bond donors (Lipinski definition) is 1. The van der Waals surface area contributed by atoms with Gasteiger partial charge in [0.15, 0.2) is 0 Å². The average molecular weight is 563 g/mol. The molecule has 0 aliphatic carbocycles. The Labute approximate surface area is 226 Å². The molecule has 14 heteroatoms. The van der Waals surface area contributed by atoms with Crippen molar-refractivity contribution in [2.24, 2.45) is 0 Å². The Bertz CT molecular complexity index is 1350. The van der Waals surface area contributed by atoms with Crippen molar-refractivity contribution in [2.45, 2.75) is 6.10 Å². The minimum Gasteiger partial charge on any atom is -0.443 e. The molecule has 0 saturated carbocycles. The van der Waals surface area contributed by atoms with Gasteiger partial charge in [-0.2, -0.15) is 0 Å². The summed E-state index contributed by atoms with van der Waals surface area (Å²) in [7, 11) is 3.38. The van der Waals surface area contributed by atoms with E-state index in [-0.39, 0.29) is 21.3 Å². The van der Waals surface area contributed by atoms with Crippen LogP contribution < -0.4 is 5.32 Å². The fourth-order valence-electron chi connectivity index (χ4n) is 2.84.